The van der Waals surface area contributed by atoms with Gasteiger partial charge in [-0.25, -0.2) is 0 Å². The predicted octanol–water partition coefficient (Wildman–Crippen LogP) is 0.809. The van der Waals surface area contributed by atoms with Crippen molar-refractivity contribution < 1.29 is 9.57 Å². The fourth-order valence-corrected chi connectivity index (χ4v) is 3.92. The topological polar surface area (TPSA) is 46.1 Å². The standard InChI is InChI=1S/C14H23N3O2/c1-2-4-17(5-3-1)8-11-9-18-16-14(19-11)13-10-6-12(13)15-7-10/h10-13,15H,1-9H2. The Bertz CT molecular complexity index is 354. The van der Waals surface area contributed by atoms with Crippen molar-refractivity contribution in [3.8, 4) is 0 Å². The van der Waals surface area contributed by atoms with Crippen molar-refractivity contribution in [1.82, 2.24) is 10.2 Å². The van der Waals surface area contributed by atoms with Crippen LogP contribution in [0.5, 0.6) is 0 Å². The second-order valence-electron chi connectivity index (χ2n) is 6.36. The highest BCUT2D eigenvalue weighted by Gasteiger charge is 2.51. The van der Waals surface area contributed by atoms with Gasteiger partial charge in [0.05, 0.1) is 5.92 Å². The Balaban J connectivity index is 1.34. The molecule has 2 bridgehead atoms. The Morgan fingerprint density at radius 2 is 2.16 bits per heavy atom. The third kappa shape index (κ3) is 2.23. The number of piperidine rings is 1. The van der Waals surface area contributed by atoms with Crippen LogP contribution in [0.2, 0.25) is 0 Å². The van der Waals surface area contributed by atoms with Crippen LogP contribution in [0.25, 0.3) is 0 Å². The maximum atomic E-state index is 6.12. The first-order valence-electron chi connectivity index (χ1n) is 7.72. The van der Waals surface area contributed by atoms with Gasteiger partial charge in [0.15, 0.2) is 6.61 Å². The van der Waals surface area contributed by atoms with Crippen molar-refractivity contribution in [2.45, 2.75) is 37.8 Å². The van der Waals surface area contributed by atoms with Gasteiger partial charge in [0.25, 0.3) is 0 Å². The molecule has 4 aliphatic heterocycles. The lowest BCUT2D eigenvalue weighted by Crippen LogP contribution is -2.48. The highest BCUT2D eigenvalue weighted by molar-refractivity contribution is 5.81. The van der Waals surface area contributed by atoms with Gasteiger partial charge in [0.1, 0.15) is 6.10 Å². The number of ether oxygens (including phenoxy) is 1. The largest absolute Gasteiger partial charge is 0.470 e. The molecule has 5 rings (SSSR count). The predicted molar refractivity (Wildman–Crippen MR) is 71.9 cm³/mol. The molecule has 0 aromatic rings. The second kappa shape index (κ2) is 4.94. The molecule has 0 spiro atoms. The van der Waals surface area contributed by atoms with Crippen LogP contribution in [0.4, 0.5) is 0 Å². The van der Waals surface area contributed by atoms with Gasteiger partial charge in [0, 0.05) is 12.6 Å². The monoisotopic (exact) mass is 265 g/mol. The number of nitrogens with one attached hydrogen (secondary N) is 1. The molecule has 19 heavy (non-hydrogen) atoms. The molecule has 4 unspecified atom stereocenters. The van der Waals surface area contributed by atoms with Gasteiger partial charge < -0.3 is 14.9 Å². The Kier molecular flexibility index (Phi) is 3.11. The first-order valence-corrected chi connectivity index (χ1v) is 7.72. The molecule has 1 N–H and O–H groups in total. The number of fused-ring (bicyclic) bond motifs is 1. The summed E-state index contributed by atoms with van der Waals surface area (Å²) in [5.41, 5.74) is 0. The summed E-state index contributed by atoms with van der Waals surface area (Å²) in [6.07, 6.45) is 5.48. The summed E-state index contributed by atoms with van der Waals surface area (Å²) in [6.45, 7) is 5.14. The van der Waals surface area contributed by atoms with Crippen molar-refractivity contribution in [1.29, 1.82) is 0 Å². The zero-order valence-corrected chi connectivity index (χ0v) is 11.4. The van der Waals surface area contributed by atoms with Crippen LogP contribution in [0.3, 0.4) is 0 Å². The number of likely N-dealkylation sites (tertiary alicyclic amines) is 1. The molecule has 4 atom stereocenters. The molecular weight excluding hydrogens is 242 g/mol. The molecule has 106 valence electrons. The van der Waals surface area contributed by atoms with Crippen LogP contribution in [0.1, 0.15) is 25.7 Å². The van der Waals surface area contributed by atoms with Gasteiger partial charge >= 0.3 is 0 Å². The molecule has 5 nitrogen and oxygen atoms in total. The fourth-order valence-electron chi connectivity index (χ4n) is 3.92. The molecule has 0 aromatic heterocycles. The molecule has 0 amide bonds. The van der Waals surface area contributed by atoms with E-state index in [1.165, 1.54) is 38.8 Å². The normalized spacial score (nSPS) is 42.0. The minimum Gasteiger partial charge on any atom is -0.470 e. The van der Waals surface area contributed by atoms with Gasteiger partial charge in [-0.1, -0.05) is 11.6 Å². The van der Waals surface area contributed by atoms with Crippen LogP contribution in [-0.4, -0.2) is 55.7 Å². The maximum Gasteiger partial charge on any atom is 0.231 e. The highest BCUT2D eigenvalue weighted by atomic mass is 16.7. The molecule has 0 aromatic carbocycles. The summed E-state index contributed by atoms with van der Waals surface area (Å²) in [5, 5.41) is 7.68. The zero-order chi connectivity index (χ0) is 12.7. The van der Waals surface area contributed by atoms with Gasteiger partial charge in [0.2, 0.25) is 5.90 Å². The van der Waals surface area contributed by atoms with Crippen LogP contribution in [0.15, 0.2) is 5.16 Å². The molecular formula is C14H23N3O2. The van der Waals surface area contributed by atoms with Crippen molar-refractivity contribution in [2.75, 3.05) is 32.8 Å². The van der Waals surface area contributed by atoms with Gasteiger partial charge in [-0.2, -0.15) is 0 Å². The molecule has 4 fully saturated rings. The minimum atomic E-state index is 0.172. The first-order chi connectivity index (χ1) is 9.40. The molecule has 5 aliphatic rings. The van der Waals surface area contributed by atoms with E-state index >= 15 is 0 Å². The SMILES string of the molecule is C1CCN(CC2CON=C(C3C4CNC3C4)O2)CC1. The van der Waals surface area contributed by atoms with E-state index in [1.54, 1.807) is 0 Å². The summed E-state index contributed by atoms with van der Waals surface area (Å²) < 4.78 is 6.12. The summed E-state index contributed by atoms with van der Waals surface area (Å²) in [7, 11) is 0. The Hall–Kier alpha value is -0.810. The number of nitrogens with zero attached hydrogens (tertiary/aromatic N) is 2. The van der Waals surface area contributed by atoms with Crippen molar-refractivity contribution in [2.24, 2.45) is 17.0 Å². The van der Waals surface area contributed by atoms with E-state index in [-0.39, 0.29) is 6.10 Å². The van der Waals surface area contributed by atoms with E-state index in [1.807, 2.05) is 0 Å². The third-order valence-corrected chi connectivity index (χ3v) is 5.04. The molecule has 5 heteroatoms. The summed E-state index contributed by atoms with van der Waals surface area (Å²) in [5.74, 6) is 2.06. The molecule has 1 saturated carbocycles. The van der Waals surface area contributed by atoms with Crippen molar-refractivity contribution in [3.63, 3.8) is 0 Å². The molecule has 1 aliphatic carbocycles. The first kappa shape index (κ1) is 12.0. The minimum absolute atomic E-state index is 0.172. The average molecular weight is 265 g/mol. The van der Waals surface area contributed by atoms with E-state index in [2.05, 4.69) is 15.4 Å². The van der Waals surface area contributed by atoms with E-state index in [0.717, 1.165) is 24.9 Å². The lowest BCUT2D eigenvalue weighted by atomic mass is 9.74. The van der Waals surface area contributed by atoms with Crippen LogP contribution >= 0.6 is 0 Å². The smallest absolute Gasteiger partial charge is 0.231 e. The van der Waals surface area contributed by atoms with Gasteiger partial charge in [-0.15, -0.1) is 0 Å². The van der Waals surface area contributed by atoms with E-state index in [9.17, 15) is 0 Å². The Morgan fingerprint density at radius 3 is 2.89 bits per heavy atom. The Labute approximate surface area is 114 Å². The number of hydrogen-bond donors (Lipinski definition) is 1. The lowest BCUT2D eigenvalue weighted by molar-refractivity contribution is -0.0209. The number of hydrogen-bond acceptors (Lipinski definition) is 5. The summed E-state index contributed by atoms with van der Waals surface area (Å²) >= 11 is 0. The van der Waals surface area contributed by atoms with E-state index in [0.29, 0.717) is 18.6 Å². The van der Waals surface area contributed by atoms with E-state index < -0.39 is 0 Å². The van der Waals surface area contributed by atoms with Gasteiger partial charge in [-0.05, 0) is 44.8 Å². The van der Waals surface area contributed by atoms with Crippen molar-refractivity contribution in [3.05, 3.63) is 0 Å². The van der Waals surface area contributed by atoms with Crippen LogP contribution in [0, 0.1) is 11.8 Å². The van der Waals surface area contributed by atoms with Crippen molar-refractivity contribution >= 4 is 5.90 Å². The summed E-state index contributed by atoms with van der Waals surface area (Å²) in [6, 6.07) is 0.584. The second-order valence-corrected chi connectivity index (χ2v) is 6.36. The quantitative estimate of drug-likeness (QED) is 0.820. The number of oxime groups is 1. The van der Waals surface area contributed by atoms with Crippen LogP contribution < -0.4 is 5.32 Å². The molecule has 3 saturated heterocycles. The highest BCUT2D eigenvalue weighted by Crippen LogP contribution is 2.41. The Morgan fingerprint density at radius 1 is 1.26 bits per heavy atom. The fraction of sp³-hybridized carbons (Fsp3) is 0.929. The number of rotatable bonds is 3. The van der Waals surface area contributed by atoms with E-state index in [4.69, 9.17) is 9.57 Å². The zero-order valence-electron chi connectivity index (χ0n) is 11.4. The third-order valence-electron chi connectivity index (χ3n) is 5.04. The lowest BCUT2D eigenvalue weighted by Gasteiger charge is -2.38. The summed E-state index contributed by atoms with van der Waals surface area (Å²) in [4.78, 5) is 7.93. The molecule has 4 heterocycles. The average Bonchev–Trinajstić information content (AvgIpc) is 3.04. The van der Waals surface area contributed by atoms with Gasteiger partial charge in [-0.3, -0.25) is 4.90 Å². The maximum absolute atomic E-state index is 6.12. The van der Waals surface area contributed by atoms with Crippen LogP contribution in [-0.2, 0) is 9.57 Å². The molecule has 0 radical (unpaired) electrons.